The number of aromatic amines is 1. The monoisotopic (exact) mass is 420 g/mol. The number of aromatic nitrogens is 2. The zero-order chi connectivity index (χ0) is 21.8. The van der Waals surface area contributed by atoms with Gasteiger partial charge in [-0.05, 0) is 40.1 Å². The molecule has 1 fully saturated rings. The molecule has 3 aromatic carbocycles. The van der Waals surface area contributed by atoms with Crippen molar-refractivity contribution in [1.29, 1.82) is 0 Å². The minimum atomic E-state index is -3.15. The summed E-state index contributed by atoms with van der Waals surface area (Å²) >= 11 is 0. The van der Waals surface area contributed by atoms with Gasteiger partial charge in [0.15, 0.2) is 0 Å². The Morgan fingerprint density at radius 1 is 1.10 bits per heavy atom. The minimum absolute atomic E-state index is 0.255. The molecule has 156 valence electrons. The summed E-state index contributed by atoms with van der Waals surface area (Å²) in [5.74, 6) is -4.71. The van der Waals surface area contributed by atoms with Crippen LogP contribution in [-0.2, 0) is 4.79 Å². The first-order valence-corrected chi connectivity index (χ1v) is 9.77. The maximum absolute atomic E-state index is 14.0. The van der Waals surface area contributed by atoms with Gasteiger partial charge < -0.3 is 15.6 Å². The highest BCUT2D eigenvalue weighted by Gasteiger charge is 2.49. The average molecular weight is 420 g/mol. The predicted molar refractivity (Wildman–Crippen MR) is 113 cm³/mol. The zero-order valence-electron chi connectivity index (χ0n) is 16.3. The van der Waals surface area contributed by atoms with Crippen LogP contribution in [0.5, 0.6) is 0 Å². The molecule has 31 heavy (non-hydrogen) atoms. The van der Waals surface area contributed by atoms with E-state index in [1.54, 1.807) is 24.5 Å². The van der Waals surface area contributed by atoms with Gasteiger partial charge in [0.25, 0.3) is 11.8 Å². The van der Waals surface area contributed by atoms with E-state index in [9.17, 15) is 18.4 Å². The number of nitrogens with one attached hydrogen (secondary N) is 1. The van der Waals surface area contributed by atoms with Crippen LogP contribution in [0.15, 0.2) is 60.9 Å². The van der Waals surface area contributed by atoms with Crippen molar-refractivity contribution in [1.82, 2.24) is 14.9 Å². The number of amides is 2. The summed E-state index contributed by atoms with van der Waals surface area (Å²) in [6.07, 6.45) is 0.865. The summed E-state index contributed by atoms with van der Waals surface area (Å²) in [5, 5.41) is 1.42. The highest BCUT2D eigenvalue weighted by atomic mass is 19.3. The number of nitrogens with two attached hydrogens (primary N) is 1. The van der Waals surface area contributed by atoms with Crippen LogP contribution in [0.4, 0.5) is 8.78 Å². The highest BCUT2D eigenvalue weighted by Crippen LogP contribution is 2.36. The molecule has 2 amide bonds. The predicted octanol–water partition coefficient (Wildman–Crippen LogP) is 3.72. The number of hydrogen-bond acceptors (Lipinski definition) is 3. The molecule has 3 N–H and O–H groups in total. The smallest absolute Gasteiger partial charge is 0.267 e. The standard InChI is InChI=1S/C23H18F2N4O2/c24-23(25)10-20(21(26)30)29(11-23)22(31)17-6-2-4-15-14(3-1-5-16(15)17)13-7-8-18-19(9-13)28-12-27-18/h1-9,12,20H,10-11H2,(H2,26,30)(H,27,28)/t20-/m0/s1. The molecule has 0 radical (unpaired) electrons. The summed E-state index contributed by atoms with van der Waals surface area (Å²) in [6.45, 7) is -0.827. The average Bonchev–Trinajstić information content (AvgIpc) is 3.35. The van der Waals surface area contributed by atoms with E-state index in [-0.39, 0.29) is 5.56 Å². The molecule has 6 nitrogen and oxygen atoms in total. The van der Waals surface area contributed by atoms with Crippen molar-refractivity contribution in [3.8, 4) is 11.1 Å². The molecule has 8 heteroatoms. The molecule has 5 rings (SSSR count). The molecule has 0 spiro atoms. The Balaban J connectivity index is 1.62. The zero-order valence-corrected chi connectivity index (χ0v) is 16.3. The maximum atomic E-state index is 14.0. The Bertz CT molecular complexity index is 1350. The van der Waals surface area contributed by atoms with Crippen molar-refractivity contribution in [2.45, 2.75) is 18.4 Å². The molecular formula is C23H18F2N4O2. The van der Waals surface area contributed by atoms with Crippen molar-refractivity contribution in [3.05, 3.63) is 66.5 Å². The fraction of sp³-hybridized carbons (Fsp3) is 0.174. The maximum Gasteiger partial charge on any atom is 0.267 e. The van der Waals surface area contributed by atoms with E-state index in [1.165, 1.54) is 0 Å². The molecular weight excluding hydrogens is 402 g/mol. The van der Waals surface area contributed by atoms with Gasteiger partial charge in [-0.3, -0.25) is 9.59 Å². The molecule has 1 aliphatic heterocycles. The van der Waals surface area contributed by atoms with Gasteiger partial charge in [0, 0.05) is 12.0 Å². The van der Waals surface area contributed by atoms with Crippen LogP contribution in [0.25, 0.3) is 32.9 Å². The van der Waals surface area contributed by atoms with E-state index in [0.717, 1.165) is 32.4 Å². The third-order valence-electron chi connectivity index (χ3n) is 5.74. The first-order chi connectivity index (χ1) is 14.8. The number of primary amides is 1. The number of H-pyrrole nitrogens is 1. The van der Waals surface area contributed by atoms with Crippen LogP contribution in [0.1, 0.15) is 16.8 Å². The van der Waals surface area contributed by atoms with Gasteiger partial charge in [-0.15, -0.1) is 0 Å². The lowest BCUT2D eigenvalue weighted by molar-refractivity contribution is -0.121. The fourth-order valence-electron chi connectivity index (χ4n) is 4.29. The lowest BCUT2D eigenvalue weighted by Crippen LogP contribution is -2.43. The molecule has 1 saturated heterocycles. The van der Waals surface area contributed by atoms with Crippen molar-refractivity contribution in [3.63, 3.8) is 0 Å². The van der Waals surface area contributed by atoms with E-state index in [0.29, 0.717) is 5.39 Å². The number of nitrogens with zero attached hydrogens (tertiary/aromatic N) is 2. The number of carbonyl (C=O) groups excluding carboxylic acids is 2. The van der Waals surface area contributed by atoms with Crippen LogP contribution >= 0.6 is 0 Å². The van der Waals surface area contributed by atoms with E-state index in [4.69, 9.17) is 5.73 Å². The lowest BCUT2D eigenvalue weighted by atomic mass is 9.95. The number of benzene rings is 3. The van der Waals surface area contributed by atoms with Gasteiger partial charge in [-0.25, -0.2) is 13.8 Å². The first-order valence-electron chi connectivity index (χ1n) is 9.77. The Morgan fingerprint density at radius 2 is 1.87 bits per heavy atom. The van der Waals surface area contributed by atoms with Gasteiger partial charge in [0.05, 0.1) is 23.9 Å². The van der Waals surface area contributed by atoms with Crippen LogP contribution in [0.3, 0.4) is 0 Å². The van der Waals surface area contributed by atoms with Crippen LogP contribution in [-0.4, -0.2) is 45.2 Å². The van der Waals surface area contributed by atoms with E-state index >= 15 is 0 Å². The number of hydrogen-bond donors (Lipinski definition) is 2. The second-order valence-corrected chi connectivity index (χ2v) is 7.75. The molecule has 4 aromatic rings. The van der Waals surface area contributed by atoms with Gasteiger partial charge in [-0.1, -0.05) is 36.4 Å². The van der Waals surface area contributed by atoms with Gasteiger partial charge in [0.2, 0.25) is 5.91 Å². The van der Waals surface area contributed by atoms with Crippen LogP contribution in [0.2, 0.25) is 0 Å². The van der Waals surface area contributed by atoms with Crippen LogP contribution in [0, 0.1) is 0 Å². The second-order valence-electron chi connectivity index (χ2n) is 7.75. The minimum Gasteiger partial charge on any atom is -0.368 e. The molecule has 0 bridgehead atoms. The molecule has 1 aromatic heterocycles. The molecule has 1 atom stereocenters. The van der Waals surface area contributed by atoms with Crippen LogP contribution < -0.4 is 5.73 Å². The largest absolute Gasteiger partial charge is 0.368 e. The molecule has 0 unspecified atom stereocenters. The molecule has 1 aliphatic rings. The number of carbonyl (C=O) groups is 2. The van der Waals surface area contributed by atoms with E-state index < -0.39 is 36.7 Å². The quantitative estimate of drug-likeness (QED) is 0.529. The number of fused-ring (bicyclic) bond motifs is 2. The first kappa shape index (κ1) is 19.2. The van der Waals surface area contributed by atoms with Crippen molar-refractivity contribution in [2.24, 2.45) is 5.73 Å². The molecule has 0 aliphatic carbocycles. The Labute approximate surface area is 175 Å². The summed E-state index contributed by atoms with van der Waals surface area (Å²) in [5.41, 5.74) is 9.09. The lowest BCUT2D eigenvalue weighted by Gasteiger charge is -2.22. The number of likely N-dealkylation sites (tertiary alicyclic amines) is 1. The third kappa shape index (κ3) is 3.20. The van der Waals surface area contributed by atoms with Gasteiger partial charge >= 0.3 is 0 Å². The van der Waals surface area contributed by atoms with E-state index in [2.05, 4.69) is 9.97 Å². The Morgan fingerprint density at radius 3 is 2.68 bits per heavy atom. The summed E-state index contributed by atoms with van der Waals surface area (Å²) in [4.78, 5) is 33.1. The van der Waals surface area contributed by atoms with Gasteiger partial charge in [-0.2, -0.15) is 0 Å². The van der Waals surface area contributed by atoms with Crippen molar-refractivity contribution >= 4 is 33.6 Å². The molecule has 2 heterocycles. The van der Waals surface area contributed by atoms with Crippen molar-refractivity contribution in [2.75, 3.05) is 6.54 Å². The SMILES string of the molecule is NC(=O)[C@@H]1CC(F)(F)CN1C(=O)c1cccc2c(-c3ccc4nc[nH]c4c3)cccc12. The number of halogens is 2. The topological polar surface area (TPSA) is 92.1 Å². The molecule has 0 saturated carbocycles. The number of imidazole rings is 1. The number of rotatable bonds is 3. The summed E-state index contributed by atoms with van der Waals surface area (Å²) in [6, 6.07) is 15.2. The second kappa shape index (κ2) is 6.87. The highest BCUT2D eigenvalue weighted by molar-refractivity contribution is 6.11. The third-order valence-corrected chi connectivity index (χ3v) is 5.74. The number of alkyl halides is 2. The van der Waals surface area contributed by atoms with Gasteiger partial charge in [0.1, 0.15) is 6.04 Å². The Kier molecular flexibility index (Phi) is 4.25. The summed E-state index contributed by atoms with van der Waals surface area (Å²) in [7, 11) is 0. The Hall–Kier alpha value is -3.81. The van der Waals surface area contributed by atoms with E-state index in [1.807, 2.05) is 36.4 Å². The van der Waals surface area contributed by atoms with Crippen molar-refractivity contribution < 1.29 is 18.4 Å². The summed E-state index contributed by atoms with van der Waals surface area (Å²) < 4.78 is 27.9. The normalized spacial score (nSPS) is 18.0. The fourth-order valence-corrected chi connectivity index (χ4v) is 4.29.